The number of carbonyl (C=O) groups is 1. The Balaban J connectivity index is 2.07. The molecular formula is C12H16N2OS. The first-order chi connectivity index (χ1) is 7.66. The summed E-state index contributed by atoms with van der Waals surface area (Å²) < 4.78 is 0. The van der Waals surface area contributed by atoms with Crippen LogP contribution in [0.25, 0.3) is 0 Å². The molecule has 0 bridgehead atoms. The van der Waals surface area contributed by atoms with E-state index in [9.17, 15) is 4.79 Å². The van der Waals surface area contributed by atoms with Gasteiger partial charge in [-0.2, -0.15) is 0 Å². The van der Waals surface area contributed by atoms with Crippen LogP contribution in [0.15, 0.2) is 18.2 Å². The smallest absolute Gasteiger partial charge is 0.242 e. The molecule has 1 fully saturated rings. The van der Waals surface area contributed by atoms with Gasteiger partial charge in [0.05, 0.1) is 6.04 Å². The van der Waals surface area contributed by atoms with Crippen LogP contribution in [-0.2, 0) is 4.79 Å². The van der Waals surface area contributed by atoms with Gasteiger partial charge in [-0.3, -0.25) is 10.1 Å². The fraction of sp³-hybridized carbons (Fsp3) is 0.417. The number of benzene rings is 1. The summed E-state index contributed by atoms with van der Waals surface area (Å²) in [5, 5.41) is 6.14. The number of hydrogen-bond donors (Lipinski definition) is 2. The Bertz CT molecular complexity index is 400. The Hall–Kier alpha value is -1.00. The lowest BCUT2D eigenvalue weighted by Crippen LogP contribution is -2.37. The van der Waals surface area contributed by atoms with E-state index in [0.717, 1.165) is 28.4 Å². The number of anilines is 1. The maximum Gasteiger partial charge on any atom is 0.242 e. The van der Waals surface area contributed by atoms with Crippen molar-refractivity contribution in [3.05, 3.63) is 29.3 Å². The average molecular weight is 236 g/mol. The van der Waals surface area contributed by atoms with Gasteiger partial charge in [-0.1, -0.05) is 12.1 Å². The largest absolute Gasteiger partial charge is 0.324 e. The first kappa shape index (κ1) is 11.5. The monoisotopic (exact) mass is 236 g/mol. The van der Waals surface area contributed by atoms with Crippen molar-refractivity contribution in [2.75, 3.05) is 16.9 Å². The molecule has 1 saturated heterocycles. The molecule has 2 N–H and O–H groups in total. The number of hydrogen-bond acceptors (Lipinski definition) is 3. The molecule has 0 aromatic heterocycles. The van der Waals surface area contributed by atoms with Crippen LogP contribution in [0.5, 0.6) is 0 Å². The summed E-state index contributed by atoms with van der Waals surface area (Å²) >= 11 is 1.76. The molecular weight excluding hydrogens is 220 g/mol. The summed E-state index contributed by atoms with van der Waals surface area (Å²) in [5.74, 6) is 1.79. The highest BCUT2D eigenvalue weighted by Gasteiger charge is 2.22. The highest BCUT2D eigenvalue weighted by atomic mass is 32.2. The maximum atomic E-state index is 11.9. The molecule has 1 aliphatic heterocycles. The number of nitrogens with one attached hydrogen (secondary N) is 2. The predicted molar refractivity (Wildman–Crippen MR) is 68.8 cm³/mol. The molecule has 2 rings (SSSR count). The van der Waals surface area contributed by atoms with E-state index in [-0.39, 0.29) is 11.9 Å². The molecule has 1 aromatic rings. The highest BCUT2D eigenvalue weighted by molar-refractivity contribution is 7.99. The molecule has 4 heteroatoms. The van der Waals surface area contributed by atoms with Gasteiger partial charge in [-0.05, 0) is 31.0 Å². The highest BCUT2D eigenvalue weighted by Crippen LogP contribution is 2.18. The molecule has 1 aromatic carbocycles. The van der Waals surface area contributed by atoms with E-state index in [0.29, 0.717) is 0 Å². The van der Waals surface area contributed by atoms with E-state index in [2.05, 4.69) is 16.7 Å². The Morgan fingerprint density at radius 1 is 1.50 bits per heavy atom. The molecule has 0 saturated carbocycles. The van der Waals surface area contributed by atoms with Gasteiger partial charge in [0, 0.05) is 17.3 Å². The summed E-state index contributed by atoms with van der Waals surface area (Å²) in [6.45, 7) is 4.03. The molecule has 1 heterocycles. The van der Waals surface area contributed by atoms with Crippen molar-refractivity contribution in [1.29, 1.82) is 0 Å². The van der Waals surface area contributed by atoms with E-state index < -0.39 is 0 Å². The minimum absolute atomic E-state index is 0.0510. The fourth-order valence-electron chi connectivity index (χ4n) is 1.65. The Morgan fingerprint density at radius 3 is 3.00 bits per heavy atom. The van der Waals surface area contributed by atoms with Gasteiger partial charge < -0.3 is 5.32 Å². The molecule has 1 amide bonds. The zero-order valence-corrected chi connectivity index (χ0v) is 10.4. The third-order valence-electron chi connectivity index (χ3n) is 2.68. The van der Waals surface area contributed by atoms with Gasteiger partial charge in [-0.15, -0.1) is 11.8 Å². The number of amides is 1. The van der Waals surface area contributed by atoms with Crippen LogP contribution >= 0.6 is 11.8 Å². The molecule has 0 aliphatic carbocycles. The minimum atomic E-state index is -0.0510. The summed E-state index contributed by atoms with van der Waals surface area (Å²) in [7, 11) is 0. The molecule has 16 heavy (non-hydrogen) atoms. The van der Waals surface area contributed by atoms with Crippen molar-refractivity contribution >= 4 is 23.4 Å². The Labute approximate surface area is 100.0 Å². The number of aryl methyl sites for hydroxylation is 2. The van der Waals surface area contributed by atoms with Gasteiger partial charge in [0.25, 0.3) is 0 Å². The first-order valence-electron chi connectivity index (χ1n) is 5.36. The van der Waals surface area contributed by atoms with Gasteiger partial charge in [0.2, 0.25) is 5.91 Å². The van der Waals surface area contributed by atoms with Crippen molar-refractivity contribution < 1.29 is 4.79 Å². The van der Waals surface area contributed by atoms with E-state index in [1.54, 1.807) is 11.8 Å². The zero-order valence-electron chi connectivity index (χ0n) is 9.54. The predicted octanol–water partition coefficient (Wildman–Crippen LogP) is 1.90. The summed E-state index contributed by atoms with van der Waals surface area (Å²) in [6, 6.07) is 6.04. The molecule has 0 radical (unpaired) electrons. The fourth-order valence-corrected chi connectivity index (χ4v) is 2.60. The van der Waals surface area contributed by atoms with Crippen LogP contribution in [0.4, 0.5) is 5.69 Å². The minimum Gasteiger partial charge on any atom is -0.324 e. The van der Waals surface area contributed by atoms with Gasteiger partial charge in [0.15, 0.2) is 0 Å². The van der Waals surface area contributed by atoms with Crippen LogP contribution in [0, 0.1) is 13.8 Å². The topological polar surface area (TPSA) is 41.1 Å². The molecule has 1 unspecified atom stereocenters. The van der Waals surface area contributed by atoms with Crippen LogP contribution < -0.4 is 10.6 Å². The second kappa shape index (κ2) is 4.89. The van der Waals surface area contributed by atoms with Crippen LogP contribution in [0.3, 0.4) is 0 Å². The van der Waals surface area contributed by atoms with Crippen molar-refractivity contribution in [3.63, 3.8) is 0 Å². The standard InChI is InChI=1S/C12H16N2OS/c1-8-3-4-9(2)10(5-8)14-12(15)11-6-16-7-13-11/h3-5,11,13H,6-7H2,1-2H3,(H,14,15). The third-order valence-corrected chi connectivity index (χ3v) is 3.62. The SMILES string of the molecule is Cc1ccc(C)c(NC(=O)C2CSCN2)c1. The molecule has 1 atom stereocenters. The lowest BCUT2D eigenvalue weighted by Gasteiger charge is -2.12. The summed E-state index contributed by atoms with van der Waals surface area (Å²) in [5.41, 5.74) is 3.18. The summed E-state index contributed by atoms with van der Waals surface area (Å²) in [4.78, 5) is 11.9. The van der Waals surface area contributed by atoms with Gasteiger partial charge >= 0.3 is 0 Å². The first-order valence-corrected chi connectivity index (χ1v) is 6.51. The number of thioether (sulfide) groups is 1. The van der Waals surface area contributed by atoms with E-state index >= 15 is 0 Å². The Kier molecular flexibility index (Phi) is 3.51. The van der Waals surface area contributed by atoms with Gasteiger partial charge in [-0.25, -0.2) is 0 Å². The normalized spacial score (nSPS) is 19.8. The summed E-state index contributed by atoms with van der Waals surface area (Å²) in [6.07, 6.45) is 0. The molecule has 0 spiro atoms. The second-order valence-corrected chi connectivity index (χ2v) is 5.11. The lowest BCUT2D eigenvalue weighted by atomic mass is 10.1. The van der Waals surface area contributed by atoms with Crippen LogP contribution in [0.2, 0.25) is 0 Å². The van der Waals surface area contributed by atoms with Crippen molar-refractivity contribution in [1.82, 2.24) is 5.32 Å². The van der Waals surface area contributed by atoms with E-state index in [4.69, 9.17) is 0 Å². The lowest BCUT2D eigenvalue weighted by molar-refractivity contribution is -0.117. The van der Waals surface area contributed by atoms with E-state index in [1.165, 1.54) is 0 Å². The van der Waals surface area contributed by atoms with E-state index in [1.807, 2.05) is 26.0 Å². The maximum absolute atomic E-state index is 11.9. The zero-order chi connectivity index (χ0) is 11.5. The van der Waals surface area contributed by atoms with Crippen molar-refractivity contribution in [2.24, 2.45) is 0 Å². The number of carbonyl (C=O) groups excluding carboxylic acids is 1. The quantitative estimate of drug-likeness (QED) is 0.824. The molecule has 3 nitrogen and oxygen atoms in total. The average Bonchev–Trinajstić information content (AvgIpc) is 2.76. The number of rotatable bonds is 2. The molecule has 86 valence electrons. The van der Waals surface area contributed by atoms with Crippen LogP contribution in [0.1, 0.15) is 11.1 Å². The second-order valence-electron chi connectivity index (χ2n) is 4.08. The third kappa shape index (κ3) is 2.57. The Morgan fingerprint density at radius 2 is 2.31 bits per heavy atom. The van der Waals surface area contributed by atoms with Crippen LogP contribution in [-0.4, -0.2) is 23.6 Å². The van der Waals surface area contributed by atoms with Gasteiger partial charge in [0.1, 0.15) is 0 Å². The van der Waals surface area contributed by atoms with Crippen molar-refractivity contribution in [2.45, 2.75) is 19.9 Å². The van der Waals surface area contributed by atoms with Crippen molar-refractivity contribution in [3.8, 4) is 0 Å². The molecule has 1 aliphatic rings.